The predicted molar refractivity (Wildman–Crippen MR) is 65.3 cm³/mol. The Morgan fingerprint density at radius 2 is 2.05 bits per heavy atom. The molecule has 0 bridgehead atoms. The van der Waals surface area contributed by atoms with E-state index in [1.807, 2.05) is 0 Å². The Bertz CT molecular complexity index is 578. The average Bonchev–Trinajstić information content (AvgIpc) is 3.10. The maximum absolute atomic E-state index is 13.3. The highest BCUT2D eigenvalue weighted by molar-refractivity contribution is 5.69. The molecule has 21 heavy (non-hydrogen) atoms. The van der Waals surface area contributed by atoms with Gasteiger partial charge in [-0.3, -0.25) is 4.79 Å². The van der Waals surface area contributed by atoms with Gasteiger partial charge in [0.15, 0.2) is 11.5 Å². The molecular weight excluding hydrogens is 289 g/mol. The van der Waals surface area contributed by atoms with Crippen LogP contribution in [-0.2, 0) is 11.0 Å². The molecule has 1 saturated carbocycles. The molecule has 0 amide bonds. The Morgan fingerprint density at radius 1 is 1.33 bits per heavy atom. The number of aliphatic carboxylic acids is 1. The first-order chi connectivity index (χ1) is 9.88. The molecule has 114 valence electrons. The van der Waals surface area contributed by atoms with Crippen molar-refractivity contribution in [1.82, 2.24) is 0 Å². The molecule has 1 aromatic rings. The van der Waals surface area contributed by atoms with E-state index in [1.165, 1.54) is 6.07 Å². The molecule has 0 spiro atoms. The molecule has 1 N–H and O–H groups in total. The van der Waals surface area contributed by atoms with Gasteiger partial charge in [-0.25, -0.2) is 0 Å². The Labute approximate surface area is 118 Å². The summed E-state index contributed by atoms with van der Waals surface area (Å²) in [5.41, 5.74) is -0.896. The molecule has 0 saturated heterocycles. The van der Waals surface area contributed by atoms with Gasteiger partial charge in [-0.15, -0.1) is 0 Å². The summed E-state index contributed by atoms with van der Waals surface area (Å²) in [6, 6.07) is 2.17. The van der Waals surface area contributed by atoms with Crippen molar-refractivity contribution in [1.29, 1.82) is 0 Å². The molecular formula is C14H13F3O4. The normalized spacial score (nSPS) is 18.6. The van der Waals surface area contributed by atoms with E-state index in [-0.39, 0.29) is 36.2 Å². The number of benzene rings is 1. The first-order valence-corrected chi connectivity index (χ1v) is 6.59. The second kappa shape index (κ2) is 4.82. The Kier molecular flexibility index (Phi) is 3.22. The molecule has 1 aliphatic carbocycles. The number of hydrogen-bond donors (Lipinski definition) is 1. The van der Waals surface area contributed by atoms with Crippen molar-refractivity contribution in [3.63, 3.8) is 0 Å². The standard InChI is InChI=1S/C14H13F3O4/c15-14(16,17)9-3-4-10-13(21-6-20-10)12(9)8(5-11(18)19)7-1-2-7/h3-4,7-8H,1-2,5-6H2,(H,18,19). The third kappa shape index (κ3) is 2.64. The summed E-state index contributed by atoms with van der Waals surface area (Å²) in [6.45, 7) is -0.145. The van der Waals surface area contributed by atoms with Crippen LogP contribution in [-0.4, -0.2) is 17.9 Å². The number of carboxylic acid groups (broad SMARTS) is 1. The second-order valence-corrected chi connectivity index (χ2v) is 5.30. The molecule has 1 heterocycles. The predicted octanol–water partition coefficient (Wildman–Crippen LogP) is 3.40. The fourth-order valence-corrected chi connectivity index (χ4v) is 2.80. The van der Waals surface area contributed by atoms with Crippen molar-refractivity contribution in [3.8, 4) is 11.5 Å². The molecule has 3 rings (SSSR count). The molecule has 2 aliphatic rings. The van der Waals surface area contributed by atoms with Crippen LogP contribution < -0.4 is 9.47 Å². The van der Waals surface area contributed by atoms with Gasteiger partial charge in [0.2, 0.25) is 6.79 Å². The van der Waals surface area contributed by atoms with Gasteiger partial charge in [0.25, 0.3) is 0 Å². The van der Waals surface area contributed by atoms with Crippen molar-refractivity contribution in [3.05, 3.63) is 23.3 Å². The largest absolute Gasteiger partial charge is 0.481 e. The summed E-state index contributed by atoms with van der Waals surface area (Å²) in [4.78, 5) is 11.0. The Hall–Kier alpha value is -1.92. The number of fused-ring (bicyclic) bond motifs is 1. The number of hydrogen-bond acceptors (Lipinski definition) is 3. The molecule has 7 heteroatoms. The SMILES string of the molecule is O=C(O)CC(c1c(C(F)(F)F)ccc2c1OCO2)C1CC1. The molecule has 0 radical (unpaired) electrons. The van der Waals surface area contributed by atoms with E-state index in [0.717, 1.165) is 18.9 Å². The van der Waals surface area contributed by atoms with Gasteiger partial charge < -0.3 is 14.6 Å². The van der Waals surface area contributed by atoms with Crippen LogP contribution in [0.2, 0.25) is 0 Å². The molecule has 1 aromatic carbocycles. The highest BCUT2D eigenvalue weighted by Crippen LogP contribution is 2.53. The van der Waals surface area contributed by atoms with E-state index in [2.05, 4.69) is 0 Å². The van der Waals surface area contributed by atoms with Crippen LogP contribution in [0.4, 0.5) is 13.2 Å². The zero-order valence-electron chi connectivity index (χ0n) is 10.9. The quantitative estimate of drug-likeness (QED) is 0.926. The summed E-state index contributed by atoms with van der Waals surface area (Å²) in [5, 5.41) is 9.01. The van der Waals surface area contributed by atoms with Gasteiger partial charge in [0, 0.05) is 11.5 Å². The first kappa shape index (κ1) is 14.0. The third-order valence-electron chi connectivity index (χ3n) is 3.84. The monoisotopic (exact) mass is 302 g/mol. The molecule has 1 atom stereocenters. The van der Waals surface area contributed by atoms with E-state index in [1.54, 1.807) is 0 Å². The van der Waals surface area contributed by atoms with Crippen LogP contribution in [0.1, 0.15) is 36.3 Å². The first-order valence-electron chi connectivity index (χ1n) is 6.59. The fraction of sp³-hybridized carbons (Fsp3) is 0.500. The molecule has 0 aromatic heterocycles. The van der Waals surface area contributed by atoms with Gasteiger partial charge in [-0.1, -0.05) is 0 Å². The van der Waals surface area contributed by atoms with Crippen LogP contribution in [0.3, 0.4) is 0 Å². The lowest BCUT2D eigenvalue weighted by molar-refractivity contribution is -0.141. The van der Waals surface area contributed by atoms with Gasteiger partial charge in [0.1, 0.15) is 0 Å². The van der Waals surface area contributed by atoms with Crippen molar-refractivity contribution < 1.29 is 32.5 Å². The maximum Gasteiger partial charge on any atom is 0.416 e. The highest BCUT2D eigenvalue weighted by atomic mass is 19.4. The van der Waals surface area contributed by atoms with Crippen LogP contribution in [0.25, 0.3) is 0 Å². The summed E-state index contributed by atoms with van der Waals surface area (Å²) in [5.74, 6) is -1.57. The summed E-state index contributed by atoms with van der Waals surface area (Å²) in [6.07, 6.45) is -3.42. The van der Waals surface area contributed by atoms with Crippen molar-refractivity contribution in [2.45, 2.75) is 31.4 Å². The number of carboxylic acids is 1. The summed E-state index contributed by atoms with van der Waals surface area (Å²) in [7, 11) is 0. The van der Waals surface area contributed by atoms with Gasteiger partial charge in [-0.2, -0.15) is 13.2 Å². The van der Waals surface area contributed by atoms with Gasteiger partial charge in [-0.05, 0) is 30.9 Å². The minimum atomic E-state index is -4.55. The second-order valence-electron chi connectivity index (χ2n) is 5.30. The van der Waals surface area contributed by atoms with Crippen molar-refractivity contribution >= 4 is 5.97 Å². The van der Waals surface area contributed by atoms with E-state index < -0.39 is 23.6 Å². The minimum Gasteiger partial charge on any atom is -0.481 e. The molecule has 1 fully saturated rings. The van der Waals surface area contributed by atoms with Crippen LogP contribution in [0.15, 0.2) is 12.1 Å². The third-order valence-corrected chi connectivity index (χ3v) is 3.84. The van der Waals surface area contributed by atoms with E-state index in [9.17, 15) is 18.0 Å². The lowest BCUT2D eigenvalue weighted by Gasteiger charge is -2.22. The van der Waals surface area contributed by atoms with E-state index in [4.69, 9.17) is 14.6 Å². The minimum absolute atomic E-state index is 0.0436. The van der Waals surface area contributed by atoms with Crippen LogP contribution >= 0.6 is 0 Å². The number of ether oxygens (including phenoxy) is 2. The number of alkyl halides is 3. The van der Waals surface area contributed by atoms with Crippen LogP contribution in [0, 0.1) is 5.92 Å². The lowest BCUT2D eigenvalue weighted by atomic mass is 9.86. The number of rotatable bonds is 4. The highest BCUT2D eigenvalue weighted by Gasteiger charge is 2.44. The van der Waals surface area contributed by atoms with Gasteiger partial charge >= 0.3 is 12.1 Å². The number of carbonyl (C=O) groups is 1. The molecule has 4 nitrogen and oxygen atoms in total. The topological polar surface area (TPSA) is 55.8 Å². The summed E-state index contributed by atoms with van der Waals surface area (Å²) < 4.78 is 50.1. The van der Waals surface area contributed by atoms with Crippen molar-refractivity contribution in [2.75, 3.05) is 6.79 Å². The zero-order chi connectivity index (χ0) is 15.2. The lowest BCUT2D eigenvalue weighted by Crippen LogP contribution is -2.16. The van der Waals surface area contributed by atoms with Gasteiger partial charge in [0.05, 0.1) is 12.0 Å². The fourth-order valence-electron chi connectivity index (χ4n) is 2.80. The Balaban J connectivity index is 2.13. The zero-order valence-corrected chi connectivity index (χ0v) is 10.9. The van der Waals surface area contributed by atoms with E-state index >= 15 is 0 Å². The smallest absolute Gasteiger partial charge is 0.416 e. The molecule has 1 unspecified atom stereocenters. The van der Waals surface area contributed by atoms with E-state index in [0.29, 0.717) is 0 Å². The summed E-state index contributed by atoms with van der Waals surface area (Å²) >= 11 is 0. The number of halogens is 3. The Morgan fingerprint density at radius 3 is 2.62 bits per heavy atom. The average molecular weight is 302 g/mol. The maximum atomic E-state index is 13.3. The molecule has 1 aliphatic heterocycles. The van der Waals surface area contributed by atoms with Crippen molar-refractivity contribution in [2.24, 2.45) is 5.92 Å². The van der Waals surface area contributed by atoms with Crippen LogP contribution in [0.5, 0.6) is 11.5 Å².